The van der Waals surface area contributed by atoms with Gasteiger partial charge < -0.3 is 11.1 Å². The molecule has 0 amide bonds. The van der Waals surface area contributed by atoms with Gasteiger partial charge in [-0.25, -0.2) is 8.42 Å². The highest BCUT2D eigenvalue weighted by Crippen LogP contribution is 2.32. The smallest absolute Gasteiger partial charge is 0.254 e. The minimum absolute atomic E-state index is 0. The van der Waals surface area contributed by atoms with Crippen LogP contribution in [0.15, 0.2) is 24.3 Å². The van der Waals surface area contributed by atoms with Crippen LogP contribution >= 0.6 is 0 Å². The van der Waals surface area contributed by atoms with Gasteiger partial charge in [0.25, 0.3) is 11.0 Å². The van der Waals surface area contributed by atoms with Gasteiger partial charge in [0.15, 0.2) is 0 Å². The minimum atomic E-state index is -3.12. The third-order valence-corrected chi connectivity index (χ3v) is 1.11. The van der Waals surface area contributed by atoms with Crippen molar-refractivity contribution < 1.29 is 13.0 Å². The summed E-state index contributed by atoms with van der Waals surface area (Å²) in [7, 11) is 2.88. The molecule has 5 nitrogen and oxygen atoms in total. The zero-order valence-corrected chi connectivity index (χ0v) is 10.1. The molecule has 0 saturated heterocycles. The predicted molar refractivity (Wildman–Crippen MR) is 63.0 cm³/mol. The molecule has 0 atom stereocenters. The van der Waals surface area contributed by atoms with Crippen LogP contribution in [-0.2, 0) is 11.0 Å². The Balaban J connectivity index is 0. The first kappa shape index (κ1) is 16.5. The molecule has 15 heavy (non-hydrogen) atoms. The average Bonchev–Trinajstić information content (AvgIpc) is 2.57. The Morgan fingerprint density at radius 2 is 1.40 bits per heavy atom. The zero-order chi connectivity index (χ0) is 11.1. The van der Waals surface area contributed by atoms with Crippen LogP contribution in [0.25, 0.3) is 11.1 Å². The lowest BCUT2D eigenvalue weighted by molar-refractivity contribution is 0.505. The molecule has 0 heterocycles. The fourth-order valence-corrected chi connectivity index (χ4v) is 0.676. The number of nitrogens with zero attached hydrogens (tertiary/aromatic N) is 1. The first-order chi connectivity index (χ1) is 6.43. The van der Waals surface area contributed by atoms with Crippen LogP contribution in [0.5, 0.6) is 0 Å². The number of thiol groups is 1. The monoisotopic (exact) mass is 234 g/mol. The Morgan fingerprint density at radius 1 is 1.13 bits per heavy atom. The second kappa shape index (κ2) is 8.37. The van der Waals surface area contributed by atoms with Gasteiger partial charge in [-0.3, -0.25) is 4.55 Å². The van der Waals surface area contributed by atoms with Crippen molar-refractivity contribution in [1.29, 1.82) is 0 Å². The average molecular weight is 234 g/mol. The first-order valence-corrected chi connectivity index (χ1v) is 5.11. The Morgan fingerprint density at radius 3 is 1.47 bits per heavy atom. The third-order valence-electron chi connectivity index (χ3n) is 1.11. The molecule has 0 aromatic heterocycles. The van der Waals surface area contributed by atoms with Crippen molar-refractivity contribution in [2.45, 2.75) is 0 Å². The summed E-state index contributed by atoms with van der Waals surface area (Å²) in [6, 6.07) is 8.48. The third kappa shape index (κ3) is 13.1. The lowest BCUT2D eigenvalue weighted by atomic mass is 10.6. The van der Waals surface area contributed by atoms with E-state index in [1.807, 2.05) is 26.0 Å². The van der Waals surface area contributed by atoms with Gasteiger partial charge >= 0.3 is 0 Å². The van der Waals surface area contributed by atoms with Gasteiger partial charge in [-0.05, 0) is 38.3 Å². The molecule has 6 heteroatoms. The van der Waals surface area contributed by atoms with Gasteiger partial charge in [0.2, 0.25) is 0 Å². The molecule has 0 fully saturated rings. The maximum Gasteiger partial charge on any atom is 0.254 e. The van der Waals surface area contributed by atoms with Gasteiger partial charge in [-0.1, -0.05) is 18.2 Å². The van der Waals surface area contributed by atoms with E-state index in [9.17, 15) is 0 Å². The Labute approximate surface area is 92.1 Å². The van der Waals surface area contributed by atoms with Gasteiger partial charge in [0, 0.05) is 0 Å². The fourth-order valence-electron chi connectivity index (χ4n) is 0.676. The van der Waals surface area contributed by atoms with E-state index in [0.717, 1.165) is 0 Å². The van der Waals surface area contributed by atoms with E-state index in [4.69, 9.17) is 13.0 Å². The molecule has 88 valence electrons. The summed E-state index contributed by atoms with van der Waals surface area (Å²) in [5.74, 6) is 0. The van der Waals surface area contributed by atoms with E-state index in [1.165, 1.54) is 11.1 Å². The molecule has 0 unspecified atom stereocenters. The first-order valence-electron chi connectivity index (χ1n) is 3.98. The fraction of sp³-hybridized carbons (Fsp3) is 0.333. The SMILES string of the molecule is CN(C)C.N.O=[SH](=O)O.c1cc2cc-2c1. The van der Waals surface area contributed by atoms with Gasteiger partial charge in [0.05, 0.1) is 0 Å². The standard InChI is InChI=1S/C6H4.C3H9N.H3N.H2O3S/c1-2-5-4-6(5)3-1;1-4(2)3;;1-4(2)3/h1-4H;1-3H3;1H3;4H,(H,1,2,3). The minimum Gasteiger partial charge on any atom is -0.344 e. The molecular formula is C9H18N2O3S. The van der Waals surface area contributed by atoms with Crippen LogP contribution in [0.2, 0.25) is 0 Å². The quantitative estimate of drug-likeness (QED) is 0.468. The van der Waals surface area contributed by atoms with Gasteiger partial charge in [-0.2, -0.15) is 0 Å². The number of benzene rings is 1. The number of hydrogen-bond donors (Lipinski definition) is 3. The van der Waals surface area contributed by atoms with Crippen molar-refractivity contribution in [2.24, 2.45) is 0 Å². The van der Waals surface area contributed by atoms with Crippen LogP contribution in [0.3, 0.4) is 0 Å². The molecule has 4 N–H and O–H groups in total. The maximum atomic E-state index is 8.59. The molecule has 0 aromatic carbocycles. The molecule has 0 saturated carbocycles. The summed E-state index contributed by atoms with van der Waals surface area (Å²) in [5.41, 5.74) is 2.85. The summed E-state index contributed by atoms with van der Waals surface area (Å²) in [5, 5.41) is 0. The van der Waals surface area contributed by atoms with Crippen molar-refractivity contribution in [2.75, 3.05) is 21.1 Å². The summed E-state index contributed by atoms with van der Waals surface area (Å²) >= 11 is 0. The summed E-state index contributed by atoms with van der Waals surface area (Å²) in [6.07, 6.45) is 0. The van der Waals surface area contributed by atoms with Crippen molar-refractivity contribution in [1.82, 2.24) is 11.1 Å². The van der Waals surface area contributed by atoms with Crippen LogP contribution in [0.1, 0.15) is 0 Å². The van der Waals surface area contributed by atoms with Crippen molar-refractivity contribution in [3.05, 3.63) is 24.3 Å². The Kier molecular flexibility index (Phi) is 9.19. The Hall–Kier alpha value is -0.950. The summed E-state index contributed by atoms with van der Waals surface area (Å²) in [6.45, 7) is 0. The molecule has 0 spiro atoms. The molecule has 0 aliphatic heterocycles. The zero-order valence-electron chi connectivity index (χ0n) is 9.17. The summed E-state index contributed by atoms with van der Waals surface area (Å²) < 4.78 is 24.2. The number of hydrogen-bond acceptors (Lipinski definition) is 4. The topological polar surface area (TPSA) is 92.6 Å². The van der Waals surface area contributed by atoms with Crippen molar-refractivity contribution in [3.63, 3.8) is 0 Å². The number of rotatable bonds is 0. The van der Waals surface area contributed by atoms with E-state index >= 15 is 0 Å². The molecule has 2 aliphatic rings. The molecular weight excluding hydrogens is 216 g/mol. The van der Waals surface area contributed by atoms with Crippen LogP contribution < -0.4 is 6.15 Å². The van der Waals surface area contributed by atoms with E-state index in [2.05, 4.69) is 24.3 Å². The van der Waals surface area contributed by atoms with E-state index in [1.54, 1.807) is 0 Å². The molecule has 0 aromatic rings. The van der Waals surface area contributed by atoms with E-state index in [-0.39, 0.29) is 6.15 Å². The highest BCUT2D eigenvalue weighted by atomic mass is 32.2. The Bertz CT molecular complexity index is 323. The van der Waals surface area contributed by atoms with Gasteiger partial charge in [-0.15, -0.1) is 0 Å². The molecule has 2 aliphatic carbocycles. The van der Waals surface area contributed by atoms with Gasteiger partial charge in [0.1, 0.15) is 0 Å². The lowest BCUT2D eigenvalue weighted by Gasteiger charge is -1.90. The number of fused-ring (bicyclic) bond motifs is 1. The molecule has 0 bridgehead atoms. The molecule has 0 radical (unpaired) electrons. The highest BCUT2D eigenvalue weighted by Gasteiger charge is 2.06. The predicted octanol–water partition coefficient (Wildman–Crippen LogP) is 1.08. The maximum absolute atomic E-state index is 8.59. The normalized spacial score (nSPS) is 9.20. The van der Waals surface area contributed by atoms with Crippen LogP contribution in [-0.4, -0.2) is 39.0 Å². The van der Waals surface area contributed by atoms with Crippen LogP contribution in [0, 0.1) is 0 Å². The highest BCUT2D eigenvalue weighted by molar-refractivity contribution is 7.66. The van der Waals surface area contributed by atoms with E-state index < -0.39 is 11.0 Å². The second-order valence-electron chi connectivity index (χ2n) is 3.16. The van der Waals surface area contributed by atoms with Crippen LogP contribution in [0.4, 0.5) is 0 Å². The lowest BCUT2D eigenvalue weighted by Crippen LogP contribution is -1.99. The second-order valence-corrected chi connectivity index (χ2v) is 3.64. The summed E-state index contributed by atoms with van der Waals surface area (Å²) in [4.78, 5) is 2.00. The van der Waals surface area contributed by atoms with E-state index in [0.29, 0.717) is 0 Å². The largest absolute Gasteiger partial charge is 0.344 e. The molecule has 2 rings (SSSR count). The van der Waals surface area contributed by atoms with Crippen molar-refractivity contribution >= 4 is 11.0 Å². The van der Waals surface area contributed by atoms with Crippen molar-refractivity contribution in [3.8, 4) is 11.1 Å².